The Labute approximate surface area is 162 Å². The Morgan fingerprint density at radius 2 is 2.04 bits per heavy atom. The Morgan fingerprint density at radius 3 is 2.68 bits per heavy atom. The zero-order valence-corrected chi connectivity index (χ0v) is 16.2. The topological polar surface area (TPSA) is 97.1 Å². The summed E-state index contributed by atoms with van der Waals surface area (Å²) in [7, 11) is 0. The quantitative estimate of drug-likeness (QED) is 0.725. The van der Waals surface area contributed by atoms with E-state index >= 15 is 0 Å². The van der Waals surface area contributed by atoms with Gasteiger partial charge in [0.15, 0.2) is 5.13 Å². The highest BCUT2D eigenvalue weighted by molar-refractivity contribution is 7.22. The van der Waals surface area contributed by atoms with E-state index in [-0.39, 0.29) is 48.6 Å². The SMILES string of the molecule is CC(=O)Nc1nc2ccc(NC(=O)C[C@@H]3CCC[C@H]3N)cc2s1.Cl.Cl. The van der Waals surface area contributed by atoms with Gasteiger partial charge in [0, 0.05) is 25.1 Å². The number of carbonyl (C=O) groups is 2. The van der Waals surface area contributed by atoms with Crippen molar-refractivity contribution in [2.24, 2.45) is 11.7 Å². The molecule has 0 bridgehead atoms. The molecule has 1 heterocycles. The highest BCUT2D eigenvalue weighted by Crippen LogP contribution is 2.30. The third-order valence-electron chi connectivity index (χ3n) is 4.12. The summed E-state index contributed by atoms with van der Waals surface area (Å²) in [6, 6.07) is 5.69. The van der Waals surface area contributed by atoms with E-state index in [4.69, 9.17) is 5.73 Å². The van der Waals surface area contributed by atoms with Crippen LogP contribution in [0, 0.1) is 5.92 Å². The van der Waals surface area contributed by atoms with Crippen LogP contribution in [0.15, 0.2) is 18.2 Å². The van der Waals surface area contributed by atoms with Crippen molar-refractivity contribution in [3.63, 3.8) is 0 Å². The number of nitrogens with two attached hydrogens (primary N) is 1. The number of hydrogen-bond donors (Lipinski definition) is 3. The number of nitrogens with zero attached hydrogens (tertiary/aromatic N) is 1. The summed E-state index contributed by atoms with van der Waals surface area (Å²) in [6.07, 6.45) is 3.62. The standard InChI is InChI=1S/C16H20N4O2S.2ClH/c1-9(21)18-16-20-13-6-5-11(8-14(13)23-16)19-15(22)7-10-3-2-4-12(10)17;;/h5-6,8,10,12H,2-4,7,17H2,1H3,(H,19,22)(H,18,20,21);2*1H/t10-,12+;;/m0../s1. The molecule has 1 aliphatic carbocycles. The van der Waals surface area contributed by atoms with Crippen molar-refractivity contribution < 1.29 is 9.59 Å². The van der Waals surface area contributed by atoms with Gasteiger partial charge < -0.3 is 16.4 Å². The number of amides is 2. The molecule has 1 fully saturated rings. The van der Waals surface area contributed by atoms with Gasteiger partial charge in [-0.15, -0.1) is 24.8 Å². The molecule has 1 saturated carbocycles. The minimum Gasteiger partial charge on any atom is -0.327 e. The molecule has 2 atom stereocenters. The highest BCUT2D eigenvalue weighted by atomic mass is 35.5. The lowest BCUT2D eigenvalue weighted by Gasteiger charge is -2.14. The zero-order chi connectivity index (χ0) is 16.4. The summed E-state index contributed by atoms with van der Waals surface area (Å²) < 4.78 is 0.920. The van der Waals surface area contributed by atoms with Crippen molar-refractivity contribution in [3.8, 4) is 0 Å². The molecule has 2 aromatic rings. The zero-order valence-electron chi connectivity index (χ0n) is 13.8. The Morgan fingerprint density at radius 1 is 1.28 bits per heavy atom. The number of halogens is 2. The molecular formula is C16H22Cl2N4O2S. The number of thiazole rings is 1. The number of anilines is 2. The van der Waals surface area contributed by atoms with Crippen molar-refractivity contribution in [3.05, 3.63) is 18.2 Å². The molecule has 0 unspecified atom stereocenters. The van der Waals surface area contributed by atoms with E-state index in [2.05, 4.69) is 15.6 Å². The molecule has 0 aliphatic heterocycles. The van der Waals surface area contributed by atoms with Crippen LogP contribution >= 0.6 is 36.2 Å². The smallest absolute Gasteiger partial charge is 0.224 e. The van der Waals surface area contributed by atoms with Gasteiger partial charge in [-0.1, -0.05) is 17.8 Å². The summed E-state index contributed by atoms with van der Waals surface area (Å²) in [5.41, 5.74) is 7.56. The van der Waals surface area contributed by atoms with E-state index in [1.807, 2.05) is 18.2 Å². The van der Waals surface area contributed by atoms with Crippen molar-refractivity contribution >= 4 is 69.0 Å². The lowest BCUT2D eigenvalue weighted by atomic mass is 10.00. The summed E-state index contributed by atoms with van der Waals surface area (Å²) in [6.45, 7) is 1.45. The van der Waals surface area contributed by atoms with E-state index < -0.39 is 0 Å². The van der Waals surface area contributed by atoms with Gasteiger partial charge in [-0.3, -0.25) is 9.59 Å². The lowest BCUT2D eigenvalue weighted by molar-refractivity contribution is -0.117. The maximum atomic E-state index is 12.2. The van der Waals surface area contributed by atoms with Crippen LogP contribution in [0.5, 0.6) is 0 Å². The van der Waals surface area contributed by atoms with Gasteiger partial charge in [-0.05, 0) is 37.0 Å². The lowest BCUT2D eigenvalue weighted by Crippen LogP contribution is -2.28. The van der Waals surface area contributed by atoms with Crippen LogP contribution in [-0.4, -0.2) is 22.8 Å². The second-order valence-corrected chi connectivity index (χ2v) is 7.02. The van der Waals surface area contributed by atoms with Crippen LogP contribution in [-0.2, 0) is 9.59 Å². The molecule has 1 aliphatic rings. The van der Waals surface area contributed by atoms with Crippen LogP contribution in [0.25, 0.3) is 10.2 Å². The second-order valence-electron chi connectivity index (χ2n) is 5.99. The Hall–Kier alpha value is -1.41. The minimum absolute atomic E-state index is 0. The number of rotatable bonds is 4. The maximum Gasteiger partial charge on any atom is 0.224 e. The molecule has 0 saturated heterocycles. The predicted octanol–water partition coefficient (Wildman–Crippen LogP) is 3.55. The summed E-state index contributed by atoms with van der Waals surface area (Å²) in [5.74, 6) is 0.136. The third kappa shape index (κ3) is 5.54. The van der Waals surface area contributed by atoms with Crippen LogP contribution in [0.3, 0.4) is 0 Å². The van der Waals surface area contributed by atoms with E-state index in [0.29, 0.717) is 11.6 Å². The number of hydrogen-bond acceptors (Lipinski definition) is 5. The number of fused-ring (bicyclic) bond motifs is 1. The minimum atomic E-state index is -0.148. The fourth-order valence-corrected chi connectivity index (χ4v) is 3.93. The number of aromatic nitrogens is 1. The fraction of sp³-hybridized carbons (Fsp3) is 0.438. The second kappa shape index (κ2) is 9.33. The van der Waals surface area contributed by atoms with Gasteiger partial charge in [0.25, 0.3) is 0 Å². The first kappa shape index (κ1) is 21.6. The molecule has 1 aromatic heterocycles. The number of benzene rings is 1. The van der Waals surface area contributed by atoms with Crippen molar-refractivity contribution in [1.29, 1.82) is 0 Å². The largest absolute Gasteiger partial charge is 0.327 e. The first-order valence-electron chi connectivity index (χ1n) is 7.75. The highest BCUT2D eigenvalue weighted by Gasteiger charge is 2.26. The molecule has 0 spiro atoms. The molecule has 1 aromatic carbocycles. The van der Waals surface area contributed by atoms with Crippen molar-refractivity contribution in [1.82, 2.24) is 4.98 Å². The molecule has 3 rings (SSSR count). The number of nitrogens with one attached hydrogen (secondary N) is 2. The molecule has 4 N–H and O–H groups in total. The van der Waals surface area contributed by atoms with Crippen LogP contribution in [0.4, 0.5) is 10.8 Å². The predicted molar refractivity (Wildman–Crippen MR) is 107 cm³/mol. The molecule has 9 heteroatoms. The van der Waals surface area contributed by atoms with Gasteiger partial charge in [0.2, 0.25) is 11.8 Å². The first-order chi connectivity index (χ1) is 11.0. The molecule has 6 nitrogen and oxygen atoms in total. The number of carbonyl (C=O) groups excluding carboxylic acids is 2. The average molecular weight is 405 g/mol. The molecule has 25 heavy (non-hydrogen) atoms. The van der Waals surface area contributed by atoms with E-state index in [1.54, 1.807) is 0 Å². The summed E-state index contributed by atoms with van der Waals surface area (Å²) in [5, 5.41) is 6.17. The molecule has 2 amide bonds. The summed E-state index contributed by atoms with van der Waals surface area (Å²) >= 11 is 1.39. The Balaban J connectivity index is 0.00000156. The van der Waals surface area contributed by atoms with E-state index in [9.17, 15) is 9.59 Å². The third-order valence-corrected chi connectivity index (χ3v) is 5.05. The fourth-order valence-electron chi connectivity index (χ4n) is 2.98. The van der Waals surface area contributed by atoms with Crippen LogP contribution in [0.2, 0.25) is 0 Å². The van der Waals surface area contributed by atoms with Gasteiger partial charge in [0.1, 0.15) is 0 Å². The van der Waals surface area contributed by atoms with Crippen LogP contribution < -0.4 is 16.4 Å². The van der Waals surface area contributed by atoms with E-state index in [0.717, 1.165) is 35.2 Å². The van der Waals surface area contributed by atoms with Crippen molar-refractivity contribution in [2.75, 3.05) is 10.6 Å². The maximum absolute atomic E-state index is 12.2. The van der Waals surface area contributed by atoms with E-state index in [1.165, 1.54) is 18.3 Å². The first-order valence-corrected chi connectivity index (χ1v) is 8.56. The molecule has 138 valence electrons. The summed E-state index contributed by atoms with van der Waals surface area (Å²) in [4.78, 5) is 27.6. The normalized spacial score (nSPS) is 19.0. The molecule has 0 radical (unpaired) electrons. The van der Waals surface area contributed by atoms with Gasteiger partial charge in [-0.2, -0.15) is 0 Å². The molecular weight excluding hydrogens is 383 g/mol. The van der Waals surface area contributed by atoms with Crippen molar-refractivity contribution in [2.45, 2.75) is 38.6 Å². The Kier molecular flexibility index (Phi) is 8.08. The van der Waals surface area contributed by atoms with Gasteiger partial charge in [0.05, 0.1) is 10.2 Å². The monoisotopic (exact) mass is 404 g/mol. The van der Waals surface area contributed by atoms with Gasteiger partial charge >= 0.3 is 0 Å². The average Bonchev–Trinajstić information content (AvgIpc) is 3.04. The Bertz CT molecular complexity index is 753. The van der Waals surface area contributed by atoms with Gasteiger partial charge in [-0.25, -0.2) is 4.98 Å². The van der Waals surface area contributed by atoms with Crippen LogP contribution in [0.1, 0.15) is 32.6 Å².